The lowest BCUT2D eigenvalue weighted by molar-refractivity contribution is -0.139. The first kappa shape index (κ1) is 20.4. The average molecular weight is 375 g/mol. The van der Waals surface area contributed by atoms with E-state index >= 15 is 0 Å². The molecule has 1 N–H and O–H groups in total. The van der Waals surface area contributed by atoms with Gasteiger partial charge in [0.15, 0.2) is 0 Å². The zero-order chi connectivity index (χ0) is 19.8. The molecule has 0 fully saturated rings. The fourth-order valence-electron chi connectivity index (χ4n) is 2.59. The standard InChI is InChI=1S/C19H25N3O5/c1-4-26-15-7-5-14(6-8-15)19-20-16(27-21-19)9-10-17(23)22(13(2)3)12-11-18(24)25/h5-8,13H,4,9-12H2,1-3H3,(H,24,25). The van der Waals surface area contributed by atoms with Gasteiger partial charge in [0, 0.05) is 31.0 Å². The van der Waals surface area contributed by atoms with Crippen molar-refractivity contribution >= 4 is 11.9 Å². The third-order valence-electron chi connectivity index (χ3n) is 3.95. The van der Waals surface area contributed by atoms with Gasteiger partial charge in [0.05, 0.1) is 13.0 Å². The van der Waals surface area contributed by atoms with Crippen LogP contribution >= 0.6 is 0 Å². The number of carbonyl (C=O) groups excluding carboxylic acids is 1. The van der Waals surface area contributed by atoms with Crippen LogP contribution in [0.4, 0.5) is 0 Å². The molecule has 1 aromatic carbocycles. The first-order valence-electron chi connectivity index (χ1n) is 8.97. The summed E-state index contributed by atoms with van der Waals surface area (Å²) < 4.78 is 10.6. The fourth-order valence-corrected chi connectivity index (χ4v) is 2.59. The Balaban J connectivity index is 1.94. The number of aliphatic carboxylic acids is 1. The number of carboxylic acids is 1. The summed E-state index contributed by atoms with van der Waals surface area (Å²) in [5.41, 5.74) is 0.796. The summed E-state index contributed by atoms with van der Waals surface area (Å²) in [6.07, 6.45) is 0.411. The minimum absolute atomic E-state index is 0.0704. The number of ether oxygens (including phenoxy) is 1. The van der Waals surface area contributed by atoms with Crippen LogP contribution in [0, 0.1) is 0 Å². The molecule has 0 bridgehead atoms. The topological polar surface area (TPSA) is 106 Å². The maximum atomic E-state index is 12.4. The lowest BCUT2D eigenvalue weighted by Crippen LogP contribution is -2.38. The van der Waals surface area contributed by atoms with Crippen LogP contribution in [0.15, 0.2) is 28.8 Å². The lowest BCUT2D eigenvalue weighted by atomic mass is 10.2. The van der Waals surface area contributed by atoms with Crippen LogP contribution in [-0.2, 0) is 16.0 Å². The smallest absolute Gasteiger partial charge is 0.305 e. The second-order valence-electron chi connectivity index (χ2n) is 6.29. The van der Waals surface area contributed by atoms with Crippen molar-refractivity contribution < 1.29 is 24.0 Å². The minimum Gasteiger partial charge on any atom is -0.494 e. The molecule has 0 unspecified atom stereocenters. The van der Waals surface area contributed by atoms with E-state index in [1.54, 1.807) is 4.90 Å². The van der Waals surface area contributed by atoms with Gasteiger partial charge < -0.3 is 19.3 Å². The normalized spacial score (nSPS) is 10.8. The number of hydrogen-bond acceptors (Lipinski definition) is 6. The highest BCUT2D eigenvalue weighted by atomic mass is 16.5. The molecule has 0 aliphatic heterocycles. The molecule has 1 amide bonds. The average Bonchev–Trinajstić information content (AvgIpc) is 3.09. The first-order chi connectivity index (χ1) is 12.9. The van der Waals surface area contributed by atoms with Gasteiger partial charge >= 0.3 is 5.97 Å². The quantitative estimate of drug-likeness (QED) is 0.680. The molecule has 8 heteroatoms. The van der Waals surface area contributed by atoms with E-state index in [0.29, 0.717) is 24.7 Å². The molecule has 0 radical (unpaired) electrons. The van der Waals surface area contributed by atoms with Crippen molar-refractivity contribution in [2.45, 2.75) is 46.1 Å². The van der Waals surface area contributed by atoms with Crippen molar-refractivity contribution in [3.05, 3.63) is 30.2 Å². The van der Waals surface area contributed by atoms with E-state index in [1.165, 1.54) is 0 Å². The summed E-state index contributed by atoms with van der Waals surface area (Å²) in [6, 6.07) is 7.29. The predicted molar refractivity (Wildman–Crippen MR) is 98.3 cm³/mol. The van der Waals surface area contributed by atoms with E-state index in [9.17, 15) is 9.59 Å². The van der Waals surface area contributed by atoms with E-state index in [2.05, 4.69) is 10.1 Å². The Morgan fingerprint density at radius 1 is 1.22 bits per heavy atom. The number of benzene rings is 1. The number of rotatable bonds is 10. The van der Waals surface area contributed by atoms with Gasteiger partial charge in [-0.2, -0.15) is 4.98 Å². The van der Waals surface area contributed by atoms with E-state index in [4.69, 9.17) is 14.4 Å². The summed E-state index contributed by atoms with van der Waals surface area (Å²) in [6.45, 7) is 6.42. The van der Waals surface area contributed by atoms with E-state index in [-0.39, 0.29) is 31.3 Å². The highest BCUT2D eigenvalue weighted by Crippen LogP contribution is 2.20. The van der Waals surface area contributed by atoms with Crippen molar-refractivity contribution in [3.8, 4) is 17.1 Å². The van der Waals surface area contributed by atoms with Crippen LogP contribution in [0.5, 0.6) is 5.75 Å². The number of carbonyl (C=O) groups is 2. The maximum absolute atomic E-state index is 12.4. The van der Waals surface area contributed by atoms with Gasteiger partial charge in [0.1, 0.15) is 5.75 Å². The number of nitrogens with zero attached hydrogens (tertiary/aromatic N) is 3. The number of aromatic nitrogens is 2. The van der Waals surface area contributed by atoms with Gasteiger partial charge in [0.25, 0.3) is 0 Å². The molecule has 0 atom stereocenters. The minimum atomic E-state index is -0.926. The molecule has 1 heterocycles. The largest absolute Gasteiger partial charge is 0.494 e. The molecule has 146 valence electrons. The van der Waals surface area contributed by atoms with Crippen LogP contribution in [-0.4, -0.2) is 51.2 Å². The van der Waals surface area contributed by atoms with Gasteiger partial charge in [-0.15, -0.1) is 0 Å². The molecule has 27 heavy (non-hydrogen) atoms. The Morgan fingerprint density at radius 2 is 1.93 bits per heavy atom. The Hall–Kier alpha value is -2.90. The van der Waals surface area contributed by atoms with Crippen molar-refractivity contribution in [2.75, 3.05) is 13.2 Å². The zero-order valence-corrected chi connectivity index (χ0v) is 15.8. The summed E-state index contributed by atoms with van der Waals surface area (Å²) in [4.78, 5) is 29.0. The van der Waals surface area contributed by atoms with Crippen LogP contribution in [0.25, 0.3) is 11.4 Å². The van der Waals surface area contributed by atoms with E-state index < -0.39 is 5.97 Å². The molecule has 2 aromatic rings. The SMILES string of the molecule is CCOc1ccc(-c2noc(CCC(=O)N(CCC(=O)O)C(C)C)n2)cc1. The second-order valence-corrected chi connectivity index (χ2v) is 6.29. The number of aryl methyl sites for hydroxylation is 1. The molecule has 0 aliphatic carbocycles. The molecule has 0 saturated carbocycles. The van der Waals surface area contributed by atoms with Gasteiger partial charge in [-0.25, -0.2) is 0 Å². The number of hydrogen-bond donors (Lipinski definition) is 1. The third kappa shape index (κ3) is 6.09. The van der Waals surface area contributed by atoms with Crippen LogP contribution < -0.4 is 4.74 Å². The maximum Gasteiger partial charge on any atom is 0.305 e. The van der Waals surface area contributed by atoms with Crippen molar-refractivity contribution in [2.24, 2.45) is 0 Å². The monoisotopic (exact) mass is 375 g/mol. The zero-order valence-electron chi connectivity index (χ0n) is 15.8. The molecular weight excluding hydrogens is 350 g/mol. The highest BCUT2D eigenvalue weighted by molar-refractivity contribution is 5.77. The van der Waals surface area contributed by atoms with Crippen molar-refractivity contribution in [1.29, 1.82) is 0 Å². The first-order valence-corrected chi connectivity index (χ1v) is 8.97. The van der Waals surface area contributed by atoms with Gasteiger partial charge in [-0.3, -0.25) is 9.59 Å². The molecule has 1 aromatic heterocycles. The summed E-state index contributed by atoms with van der Waals surface area (Å²) in [5.74, 6) is 0.532. The molecule has 0 spiro atoms. The molecule has 8 nitrogen and oxygen atoms in total. The van der Waals surface area contributed by atoms with Gasteiger partial charge in [-0.1, -0.05) is 5.16 Å². The lowest BCUT2D eigenvalue weighted by Gasteiger charge is -2.26. The Bertz CT molecular complexity index is 755. The number of carboxylic acid groups (broad SMARTS) is 1. The summed E-state index contributed by atoms with van der Waals surface area (Å²) >= 11 is 0. The number of amides is 1. The fraction of sp³-hybridized carbons (Fsp3) is 0.474. The van der Waals surface area contributed by atoms with E-state index in [1.807, 2.05) is 45.0 Å². The van der Waals surface area contributed by atoms with Crippen LogP contribution in [0.1, 0.15) is 39.5 Å². The Kier molecular flexibility index (Phi) is 7.34. The third-order valence-corrected chi connectivity index (χ3v) is 3.95. The summed E-state index contributed by atoms with van der Waals surface area (Å²) in [5, 5.41) is 12.8. The van der Waals surface area contributed by atoms with Crippen molar-refractivity contribution in [1.82, 2.24) is 15.0 Å². The predicted octanol–water partition coefficient (Wildman–Crippen LogP) is 2.78. The van der Waals surface area contributed by atoms with Crippen LogP contribution in [0.2, 0.25) is 0 Å². The molecular formula is C19H25N3O5. The van der Waals surface area contributed by atoms with E-state index in [0.717, 1.165) is 11.3 Å². The second kappa shape index (κ2) is 9.70. The molecule has 0 aliphatic rings. The van der Waals surface area contributed by atoms with Crippen molar-refractivity contribution in [3.63, 3.8) is 0 Å². The van der Waals surface area contributed by atoms with Gasteiger partial charge in [-0.05, 0) is 45.0 Å². The van der Waals surface area contributed by atoms with Gasteiger partial charge in [0.2, 0.25) is 17.6 Å². The highest BCUT2D eigenvalue weighted by Gasteiger charge is 2.19. The summed E-state index contributed by atoms with van der Waals surface area (Å²) in [7, 11) is 0. The Labute approximate surface area is 158 Å². The Morgan fingerprint density at radius 3 is 2.52 bits per heavy atom. The van der Waals surface area contributed by atoms with Crippen LogP contribution in [0.3, 0.4) is 0 Å². The molecule has 2 rings (SSSR count). The molecule has 0 saturated heterocycles.